The number of fused-ring (bicyclic) bond motifs is 2. The van der Waals surface area contributed by atoms with Crippen molar-refractivity contribution in [1.82, 2.24) is 9.13 Å². The number of nitrogens with one attached hydrogen (secondary N) is 1. The molecule has 1 N–H and O–H groups in total. The van der Waals surface area contributed by atoms with Gasteiger partial charge in [-0.3, -0.25) is 14.2 Å². The van der Waals surface area contributed by atoms with Gasteiger partial charge in [-0.25, -0.2) is 4.99 Å². The third-order valence-electron chi connectivity index (χ3n) is 7.24. The topological polar surface area (TPSA) is 86.9 Å². The molecule has 0 radical (unpaired) electrons. The van der Waals surface area contributed by atoms with Crippen LogP contribution >= 0.6 is 11.3 Å². The van der Waals surface area contributed by atoms with Crippen LogP contribution in [-0.4, -0.2) is 29.3 Å². The van der Waals surface area contributed by atoms with E-state index in [0.717, 1.165) is 16.5 Å². The Morgan fingerprint density at radius 3 is 2.49 bits per heavy atom. The maximum Gasteiger partial charge on any atom is 0.271 e. The normalized spacial score (nSPS) is 15.0. The molecule has 2 aromatic heterocycles. The second-order valence-corrected chi connectivity index (χ2v) is 10.7. The first-order valence-electron chi connectivity index (χ1n) is 13.0. The summed E-state index contributed by atoms with van der Waals surface area (Å²) in [4.78, 5) is 33.2. The minimum atomic E-state index is -0.732. The van der Waals surface area contributed by atoms with Crippen molar-refractivity contribution in [1.29, 1.82) is 0 Å². The van der Waals surface area contributed by atoms with Crippen LogP contribution in [0.3, 0.4) is 0 Å². The molecule has 41 heavy (non-hydrogen) atoms. The van der Waals surface area contributed by atoms with Crippen LogP contribution < -0.4 is 29.7 Å². The monoisotopic (exact) mass is 564 g/mol. The minimum absolute atomic E-state index is 0.223. The smallest absolute Gasteiger partial charge is 0.271 e. The minimum Gasteiger partial charge on any atom is -0.493 e. The molecule has 0 aliphatic carbocycles. The number of hydrogen-bond donors (Lipinski definition) is 1. The van der Waals surface area contributed by atoms with Crippen molar-refractivity contribution in [3.63, 3.8) is 0 Å². The maximum atomic E-state index is 14.1. The van der Waals surface area contributed by atoms with E-state index in [9.17, 15) is 9.59 Å². The standard InChI is InChI=1S/C32H28N4O4S/c1-19-28(30(37)34-22-10-6-5-7-11-22)29(20-14-15-25(39-3)26(16-20)40-4)36-31(38)27(41-32(36)33-19)17-21-18-35(2)24-13-9-8-12-23(21)24/h5-18,29H,1-4H3,(H,34,37)/b27-17-/t29-/m0/s1. The molecule has 0 saturated heterocycles. The second kappa shape index (κ2) is 10.6. The number of nitrogens with zero attached hydrogens (tertiary/aromatic N) is 3. The number of amides is 1. The lowest BCUT2D eigenvalue weighted by molar-refractivity contribution is -0.113. The number of aryl methyl sites for hydroxylation is 1. The van der Waals surface area contributed by atoms with Gasteiger partial charge in [-0.1, -0.05) is 53.8 Å². The average Bonchev–Trinajstić information content (AvgIpc) is 3.47. The van der Waals surface area contributed by atoms with E-state index in [-0.39, 0.29) is 11.5 Å². The van der Waals surface area contributed by atoms with Gasteiger partial charge in [-0.2, -0.15) is 0 Å². The molecule has 9 heteroatoms. The van der Waals surface area contributed by atoms with Crippen LogP contribution in [0.25, 0.3) is 17.0 Å². The van der Waals surface area contributed by atoms with E-state index >= 15 is 0 Å². The summed E-state index contributed by atoms with van der Waals surface area (Å²) in [6.45, 7) is 1.80. The van der Waals surface area contributed by atoms with Gasteiger partial charge in [0.2, 0.25) is 0 Å². The summed E-state index contributed by atoms with van der Waals surface area (Å²) in [6.07, 6.45) is 3.92. The lowest BCUT2D eigenvalue weighted by Crippen LogP contribution is -2.40. The summed E-state index contributed by atoms with van der Waals surface area (Å²) in [5.74, 6) is 0.719. The van der Waals surface area contributed by atoms with Crippen LogP contribution in [0.15, 0.2) is 100 Å². The summed E-state index contributed by atoms with van der Waals surface area (Å²) in [5.41, 5.74) is 4.06. The van der Waals surface area contributed by atoms with E-state index in [0.29, 0.717) is 43.4 Å². The van der Waals surface area contributed by atoms with Gasteiger partial charge in [0.25, 0.3) is 11.5 Å². The van der Waals surface area contributed by atoms with Crippen LogP contribution in [0.4, 0.5) is 5.69 Å². The van der Waals surface area contributed by atoms with Crippen molar-refractivity contribution < 1.29 is 14.3 Å². The van der Waals surface area contributed by atoms with Crippen molar-refractivity contribution >= 4 is 39.9 Å². The van der Waals surface area contributed by atoms with Gasteiger partial charge in [0.05, 0.1) is 36.1 Å². The fourth-order valence-corrected chi connectivity index (χ4v) is 6.34. The Labute approximate surface area is 240 Å². The fourth-order valence-electron chi connectivity index (χ4n) is 5.30. The van der Waals surface area contributed by atoms with Crippen LogP contribution in [-0.2, 0) is 11.8 Å². The number of anilines is 1. The van der Waals surface area contributed by atoms with Gasteiger partial charge >= 0.3 is 0 Å². The molecule has 1 aliphatic rings. The number of para-hydroxylation sites is 2. The van der Waals surface area contributed by atoms with Crippen LogP contribution in [0.5, 0.6) is 11.5 Å². The molecule has 0 saturated carbocycles. The number of aromatic nitrogens is 2. The van der Waals surface area contributed by atoms with Gasteiger partial charge in [0.15, 0.2) is 16.3 Å². The molecular formula is C32H28N4O4S. The molecule has 1 aliphatic heterocycles. The highest BCUT2D eigenvalue weighted by molar-refractivity contribution is 7.07. The van der Waals surface area contributed by atoms with Crippen molar-refractivity contribution in [2.75, 3.05) is 19.5 Å². The first-order valence-corrected chi connectivity index (χ1v) is 13.9. The third-order valence-corrected chi connectivity index (χ3v) is 8.22. The highest BCUT2D eigenvalue weighted by Crippen LogP contribution is 2.36. The molecule has 0 fully saturated rings. The molecule has 1 amide bonds. The Morgan fingerprint density at radius 2 is 1.73 bits per heavy atom. The van der Waals surface area contributed by atoms with Crippen molar-refractivity contribution in [2.24, 2.45) is 12.0 Å². The predicted molar refractivity (Wildman–Crippen MR) is 161 cm³/mol. The number of carbonyl (C=O) groups excluding carboxylic acids is 1. The van der Waals surface area contributed by atoms with E-state index in [1.54, 1.807) is 37.8 Å². The molecule has 206 valence electrons. The third kappa shape index (κ3) is 4.64. The zero-order valence-electron chi connectivity index (χ0n) is 23.0. The number of hydrogen-bond acceptors (Lipinski definition) is 6. The summed E-state index contributed by atoms with van der Waals surface area (Å²) in [7, 11) is 5.11. The number of thiazole rings is 1. The van der Waals surface area contributed by atoms with Gasteiger partial charge in [-0.05, 0) is 48.9 Å². The van der Waals surface area contributed by atoms with Crippen LogP contribution in [0.2, 0.25) is 0 Å². The summed E-state index contributed by atoms with van der Waals surface area (Å²) < 4.78 is 15.2. The summed E-state index contributed by atoms with van der Waals surface area (Å²) in [5, 5.41) is 4.03. The van der Waals surface area contributed by atoms with E-state index in [1.807, 2.05) is 84.6 Å². The summed E-state index contributed by atoms with van der Waals surface area (Å²) in [6, 6.07) is 22.0. The van der Waals surface area contributed by atoms with Crippen LogP contribution in [0, 0.1) is 0 Å². The first kappa shape index (κ1) is 26.3. The Morgan fingerprint density at radius 1 is 1.00 bits per heavy atom. The molecule has 5 aromatic rings. The van der Waals surface area contributed by atoms with E-state index in [1.165, 1.54) is 11.3 Å². The Kier molecular flexibility index (Phi) is 6.80. The maximum absolute atomic E-state index is 14.1. The number of rotatable bonds is 6. The summed E-state index contributed by atoms with van der Waals surface area (Å²) >= 11 is 1.31. The highest BCUT2D eigenvalue weighted by Gasteiger charge is 2.33. The van der Waals surface area contributed by atoms with Crippen molar-refractivity contribution in [2.45, 2.75) is 13.0 Å². The molecule has 0 spiro atoms. The molecule has 3 aromatic carbocycles. The SMILES string of the molecule is COc1ccc([C@H]2C(C(=O)Nc3ccccc3)=C(C)N=c3s/c(=C\c4cn(C)c5ccccc45)c(=O)n32)cc1OC. The van der Waals surface area contributed by atoms with Crippen molar-refractivity contribution in [3.05, 3.63) is 121 Å². The van der Waals surface area contributed by atoms with Crippen LogP contribution in [0.1, 0.15) is 24.1 Å². The largest absolute Gasteiger partial charge is 0.493 e. The van der Waals surface area contributed by atoms with Gasteiger partial charge < -0.3 is 19.4 Å². The molecule has 3 heterocycles. The molecule has 8 nitrogen and oxygen atoms in total. The number of methoxy groups -OCH3 is 2. The molecular weight excluding hydrogens is 536 g/mol. The lowest BCUT2D eigenvalue weighted by atomic mass is 9.94. The second-order valence-electron chi connectivity index (χ2n) is 9.73. The van der Waals surface area contributed by atoms with Gasteiger partial charge in [0, 0.05) is 35.4 Å². The zero-order chi connectivity index (χ0) is 28.7. The molecule has 1 atom stereocenters. The van der Waals surface area contributed by atoms with Gasteiger partial charge in [0.1, 0.15) is 0 Å². The van der Waals surface area contributed by atoms with E-state index in [2.05, 4.69) is 5.32 Å². The fraction of sp³-hybridized carbons (Fsp3) is 0.156. The highest BCUT2D eigenvalue weighted by atomic mass is 32.1. The quantitative estimate of drug-likeness (QED) is 0.332. The number of ether oxygens (including phenoxy) is 2. The average molecular weight is 565 g/mol. The first-order chi connectivity index (χ1) is 19.9. The molecule has 0 bridgehead atoms. The Balaban J connectivity index is 1.55. The predicted octanol–water partition coefficient (Wildman–Crippen LogP) is 4.38. The van der Waals surface area contributed by atoms with E-state index < -0.39 is 6.04 Å². The van der Waals surface area contributed by atoms with Gasteiger partial charge in [-0.15, -0.1) is 0 Å². The molecule has 0 unspecified atom stereocenters. The zero-order valence-corrected chi connectivity index (χ0v) is 23.9. The Hall–Kier alpha value is -4.89. The Bertz CT molecular complexity index is 2020. The number of allylic oxidation sites excluding steroid dienone is 1. The van der Waals surface area contributed by atoms with E-state index in [4.69, 9.17) is 14.5 Å². The number of carbonyl (C=O) groups is 1. The van der Waals surface area contributed by atoms with Crippen molar-refractivity contribution in [3.8, 4) is 11.5 Å². The lowest BCUT2D eigenvalue weighted by Gasteiger charge is -2.26. The molecule has 6 rings (SSSR count). The number of benzene rings is 3.